The Morgan fingerprint density at radius 3 is 2.76 bits per heavy atom. The van der Waals surface area contributed by atoms with Crippen LogP contribution in [-0.2, 0) is 5.88 Å². The molecule has 0 aliphatic heterocycles. The Morgan fingerprint density at radius 1 is 1.47 bits per heavy atom. The van der Waals surface area contributed by atoms with Crippen molar-refractivity contribution >= 4 is 17.5 Å². The number of hydrogen-bond donors (Lipinski definition) is 2. The van der Waals surface area contributed by atoms with Gasteiger partial charge in [0, 0.05) is 18.0 Å². The molecule has 0 saturated carbocycles. The van der Waals surface area contributed by atoms with Gasteiger partial charge < -0.3 is 10.4 Å². The maximum absolute atomic E-state index is 12.0. The highest BCUT2D eigenvalue weighted by Gasteiger charge is 2.17. The Bertz CT molecular complexity index is 387. The van der Waals surface area contributed by atoms with E-state index in [-0.39, 0.29) is 5.88 Å². The number of nitrogens with one attached hydrogen (secondary N) is 1. The van der Waals surface area contributed by atoms with Crippen LogP contribution in [0.3, 0.4) is 0 Å². The third-order valence-corrected chi connectivity index (χ3v) is 2.41. The Hall–Kier alpha value is -1.20. The number of halogens is 3. The van der Waals surface area contributed by atoms with Crippen LogP contribution in [0.4, 0.5) is 8.78 Å². The maximum atomic E-state index is 12.0. The lowest BCUT2D eigenvalue weighted by molar-refractivity contribution is -0.00270. The number of benzene rings is 1. The summed E-state index contributed by atoms with van der Waals surface area (Å²) in [6.07, 6.45) is -4.72. The number of hydrogen-bond acceptors (Lipinski definition) is 2. The van der Waals surface area contributed by atoms with E-state index in [1.165, 1.54) is 0 Å². The second-order valence-corrected chi connectivity index (χ2v) is 3.71. The van der Waals surface area contributed by atoms with Crippen LogP contribution in [-0.4, -0.2) is 30.1 Å². The maximum Gasteiger partial charge on any atom is 0.265 e. The summed E-state index contributed by atoms with van der Waals surface area (Å²) in [5.74, 6) is -0.252. The molecule has 94 valence electrons. The molecule has 0 radical (unpaired) electrons. The van der Waals surface area contributed by atoms with Crippen LogP contribution in [0.5, 0.6) is 0 Å². The largest absolute Gasteiger partial charge is 0.385 e. The molecule has 1 amide bonds. The van der Waals surface area contributed by atoms with Crippen molar-refractivity contribution in [2.45, 2.75) is 18.4 Å². The van der Waals surface area contributed by atoms with E-state index in [9.17, 15) is 13.6 Å². The van der Waals surface area contributed by atoms with Crippen molar-refractivity contribution in [1.82, 2.24) is 5.32 Å². The molecule has 0 aliphatic rings. The summed E-state index contributed by atoms with van der Waals surface area (Å²) < 4.78 is 24.0. The molecule has 0 heterocycles. The normalized spacial score (nSPS) is 12.5. The second-order valence-electron chi connectivity index (χ2n) is 3.45. The number of carbonyl (C=O) groups excluding carboxylic acids is 1. The predicted octanol–water partition coefficient (Wildman–Crippen LogP) is 1.78. The summed E-state index contributed by atoms with van der Waals surface area (Å²) in [6, 6.07) is 6.51. The molecule has 1 unspecified atom stereocenters. The van der Waals surface area contributed by atoms with E-state index in [0.717, 1.165) is 5.56 Å². The molecular weight excluding hydrogens is 252 g/mol. The van der Waals surface area contributed by atoms with Gasteiger partial charge in [-0.15, -0.1) is 11.6 Å². The lowest BCUT2D eigenvalue weighted by Crippen LogP contribution is -2.35. The zero-order valence-electron chi connectivity index (χ0n) is 8.87. The van der Waals surface area contributed by atoms with Crippen molar-refractivity contribution in [2.24, 2.45) is 0 Å². The standard InChI is InChI=1S/C11H12ClF2NO2/c12-5-7-2-1-3-8(4-7)11(17)15-6-9(16)10(13)14/h1-4,9-10,16H,5-6H2,(H,15,17). The zero-order valence-corrected chi connectivity index (χ0v) is 9.62. The smallest absolute Gasteiger partial charge is 0.265 e. The number of aliphatic hydroxyl groups is 1. The molecule has 1 rings (SSSR count). The van der Waals surface area contributed by atoms with Crippen molar-refractivity contribution < 1.29 is 18.7 Å². The third-order valence-electron chi connectivity index (χ3n) is 2.11. The van der Waals surface area contributed by atoms with Crippen molar-refractivity contribution in [2.75, 3.05) is 6.54 Å². The number of rotatable bonds is 5. The minimum Gasteiger partial charge on any atom is -0.385 e. The molecule has 0 fully saturated rings. The van der Waals surface area contributed by atoms with Crippen LogP contribution in [0.25, 0.3) is 0 Å². The van der Waals surface area contributed by atoms with Crippen molar-refractivity contribution in [1.29, 1.82) is 0 Å². The van der Waals surface area contributed by atoms with Gasteiger partial charge in [-0.05, 0) is 17.7 Å². The summed E-state index contributed by atoms with van der Waals surface area (Å²) in [6.45, 7) is -0.485. The van der Waals surface area contributed by atoms with Gasteiger partial charge >= 0.3 is 0 Å². The van der Waals surface area contributed by atoms with Gasteiger partial charge in [0.05, 0.1) is 0 Å². The molecule has 2 N–H and O–H groups in total. The molecule has 1 aromatic carbocycles. The van der Waals surface area contributed by atoms with Gasteiger partial charge in [-0.3, -0.25) is 4.79 Å². The van der Waals surface area contributed by atoms with Crippen molar-refractivity contribution in [3.05, 3.63) is 35.4 Å². The lowest BCUT2D eigenvalue weighted by atomic mass is 10.1. The van der Waals surface area contributed by atoms with Gasteiger partial charge in [-0.25, -0.2) is 8.78 Å². The van der Waals surface area contributed by atoms with E-state index in [0.29, 0.717) is 5.56 Å². The number of alkyl halides is 3. The number of amides is 1. The first-order valence-electron chi connectivity index (χ1n) is 4.94. The SMILES string of the molecule is O=C(NCC(O)C(F)F)c1cccc(CCl)c1. The fraction of sp³-hybridized carbons (Fsp3) is 0.364. The zero-order chi connectivity index (χ0) is 12.8. The van der Waals surface area contributed by atoms with E-state index in [1.54, 1.807) is 24.3 Å². The molecular formula is C11H12ClF2NO2. The first kappa shape index (κ1) is 13.9. The van der Waals surface area contributed by atoms with E-state index >= 15 is 0 Å². The molecule has 0 aliphatic carbocycles. The molecule has 0 bridgehead atoms. The second kappa shape index (κ2) is 6.51. The molecule has 0 saturated heterocycles. The van der Waals surface area contributed by atoms with Crippen LogP contribution < -0.4 is 5.32 Å². The molecule has 3 nitrogen and oxygen atoms in total. The van der Waals surface area contributed by atoms with Crippen LogP contribution >= 0.6 is 11.6 Å². The number of carbonyl (C=O) groups is 1. The fourth-order valence-electron chi connectivity index (χ4n) is 1.18. The number of aliphatic hydroxyl groups excluding tert-OH is 1. The summed E-state index contributed by atoms with van der Waals surface area (Å²) in [4.78, 5) is 11.5. The predicted molar refractivity (Wildman–Crippen MR) is 60.3 cm³/mol. The molecule has 17 heavy (non-hydrogen) atoms. The van der Waals surface area contributed by atoms with Gasteiger partial charge in [0.25, 0.3) is 12.3 Å². The Labute approximate surface area is 102 Å². The third kappa shape index (κ3) is 4.28. The Balaban J connectivity index is 2.57. The highest BCUT2D eigenvalue weighted by atomic mass is 35.5. The Morgan fingerprint density at radius 2 is 2.18 bits per heavy atom. The molecule has 1 aromatic rings. The van der Waals surface area contributed by atoms with Crippen molar-refractivity contribution in [3.63, 3.8) is 0 Å². The van der Waals surface area contributed by atoms with Gasteiger partial charge in [-0.2, -0.15) is 0 Å². The molecule has 0 aromatic heterocycles. The van der Waals surface area contributed by atoms with E-state index < -0.39 is 25.0 Å². The average molecular weight is 264 g/mol. The average Bonchev–Trinajstić information content (AvgIpc) is 2.35. The topological polar surface area (TPSA) is 49.3 Å². The van der Waals surface area contributed by atoms with Crippen molar-refractivity contribution in [3.8, 4) is 0 Å². The summed E-state index contributed by atoms with van der Waals surface area (Å²) in [5, 5.41) is 11.1. The quantitative estimate of drug-likeness (QED) is 0.796. The highest BCUT2D eigenvalue weighted by Crippen LogP contribution is 2.08. The first-order chi connectivity index (χ1) is 8.04. The Kier molecular flexibility index (Phi) is 5.31. The van der Waals surface area contributed by atoms with E-state index in [2.05, 4.69) is 5.32 Å². The summed E-state index contributed by atoms with van der Waals surface area (Å²) in [5.41, 5.74) is 1.08. The van der Waals surface area contributed by atoms with Gasteiger partial charge in [0.15, 0.2) is 0 Å². The minimum atomic E-state index is -2.87. The van der Waals surface area contributed by atoms with E-state index in [1.807, 2.05) is 0 Å². The van der Waals surface area contributed by atoms with Crippen LogP contribution in [0.2, 0.25) is 0 Å². The molecule has 1 atom stereocenters. The molecule has 6 heteroatoms. The minimum absolute atomic E-state index is 0.265. The van der Waals surface area contributed by atoms with Gasteiger partial charge in [-0.1, -0.05) is 12.1 Å². The van der Waals surface area contributed by atoms with Crippen LogP contribution in [0.1, 0.15) is 15.9 Å². The molecule has 0 spiro atoms. The summed E-state index contributed by atoms with van der Waals surface area (Å²) >= 11 is 5.60. The van der Waals surface area contributed by atoms with Gasteiger partial charge in [0.2, 0.25) is 0 Å². The highest BCUT2D eigenvalue weighted by molar-refractivity contribution is 6.17. The monoisotopic (exact) mass is 263 g/mol. The lowest BCUT2D eigenvalue weighted by Gasteiger charge is -2.10. The fourth-order valence-corrected chi connectivity index (χ4v) is 1.35. The first-order valence-corrected chi connectivity index (χ1v) is 5.47. The van der Waals surface area contributed by atoms with Crippen LogP contribution in [0, 0.1) is 0 Å². The van der Waals surface area contributed by atoms with Crippen LogP contribution in [0.15, 0.2) is 24.3 Å². The summed E-state index contributed by atoms with van der Waals surface area (Å²) in [7, 11) is 0. The van der Waals surface area contributed by atoms with Gasteiger partial charge in [0.1, 0.15) is 6.10 Å². The van der Waals surface area contributed by atoms with E-state index in [4.69, 9.17) is 16.7 Å².